The van der Waals surface area contributed by atoms with Gasteiger partial charge in [0.05, 0.1) is 0 Å². The lowest BCUT2D eigenvalue weighted by molar-refractivity contribution is -0.0728. The van der Waals surface area contributed by atoms with Crippen molar-refractivity contribution >= 4 is 6.09 Å². The Bertz CT molecular complexity index is 378. The van der Waals surface area contributed by atoms with Crippen molar-refractivity contribution in [2.75, 3.05) is 0 Å². The van der Waals surface area contributed by atoms with Gasteiger partial charge in [-0.15, -0.1) is 0 Å². The largest absolute Gasteiger partial charge is 0.443 e. The van der Waals surface area contributed by atoms with E-state index in [1.165, 1.54) is 38.5 Å². The smallest absolute Gasteiger partial charge is 0.422 e. The molecule has 4 fully saturated rings. The predicted molar refractivity (Wildman–Crippen MR) is 82.6 cm³/mol. The van der Waals surface area contributed by atoms with Crippen LogP contribution in [0.1, 0.15) is 66.2 Å². The minimum Gasteiger partial charge on any atom is -0.443 e. The second kappa shape index (κ2) is 5.15. The Kier molecular flexibility index (Phi) is 3.71. The third-order valence-corrected chi connectivity index (χ3v) is 5.79. The van der Waals surface area contributed by atoms with Crippen molar-refractivity contribution in [1.29, 1.82) is 0 Å². The summed E-state index contributed by atoms with van der Waals surface area (Å²) >= 11 is 0. The molecule has 4 saturated carbocycles. The van der Waals surface area contributed by atoms with Crippen molar-refractivity contribution in [2.45, 2.75) is 77.9 Å². The Morgan fingerprint density at radius 3 is 2.00 bits per heavy atom. The topological polar surface area (TPSA) is 50.4 Å². The SMILES string of the molecule is CC(NNC(=O)OC(C)(C)C)C12CC3CC(CC(C3)C1)C2. The third kappa shape index (κ3) is 3.20. The van der Waals surface area contributed by atoms with Gasteiger partial charge in [-0.25, -0.2) is 10.2 Å². The van der Waals surface area contributed by atoms with Crippen LogP contribution in [0.3, 0.4) is 0 Å². The molecule has 0 spiro atoms. The highest BCUT2D eigenvalue weighted by molar-refractivity contribution is 5.67. The molecule has 1 atom stereocenters. The van der Waals surface area contributed by atoms with Crippen molar-refractivity contribution in [1.82, 2.24) is 10.9 Å². The number of hydrogen-bond acceptors (Lipinski definition) is 3. The number of carbonyl (C=O) groups excluding carboxylic acids is 1. The van der Waals surface area contributed by atoms with Crippen LogP contribution in [0.5, 0.6) is 0 Å². The monoisotopic (exact) mass is 294 g/mol. The van der Waals surface area contributed by atoms with Crippen LogP contribution in [0.4, 0.5) is 4.79 Å². The van der Waals surface area contributed by atoms with Gasteiger partial charge in [0.15, 0.2) is 0 Å². The summed E-state index contributed by atoms with van der Waals surface area (Å²) in [4.78, 5) is 11.8. The normalized spacial score (nSPS) is 39.1. The summed E-state index contributed by atoms with van der Waals surface area (Å²) in [5, 5.41) is 0. The van der Waals surface area contributed by atoms with Gasteiger partial charge in [-0.1, -0.05) is 0 Å². The number of amides is 1. The Morgan fingerprint density at radius 2 is 1.57 bits per heavy atom. The summed E-state index contributed by atoms with van der Waals surface area (Å²) in [5.41, 5.74) is 5.93. The molecule has 4 aliphatic rings. The number of nitrogens with one attached hydrogen (secondary N) is 2. The molecule has 1 unspecified atom stereocenters. The summed E-state index contributed by atoms with van der Waals surface area (Å²) in [7, 11) is 0. The molecule has 0 saturated heterocycles. The first kappa shape index (κ1) is 15.1. The van der Waals surface area contributed by atoms with Gasteiger partial charge in [-0.3, -0.25) is 5.43 Å². The maximum Gasteiger partial charge on any atom is 0.422 e. The molecular formula is C17H30N2O2. The standard InChI is InChI=1S/C17H30N2O2/c1-11(18-19-15(20)21-16(2,3)4)17-8-12-5-13(9-17)7-14(6-12)10-17/h11-14,18H,5-10H2,1-4H3,(H,19,20). The number of carbonyl (C=O) groups is 1. The first-order valence-electron chi connectivity index (χ1n) is 8.50. The summed E-state index contributed by atoms with van der Waals surface area (Å²) in [6, 6.07) is 0.318. The van der Waals surface area contributed by atoms with E-state index in [1.807, 2.05) is 20.8 Å². The van der Waals surface area contributed by atoms with Crippen LogP contribution in [0.25, 0.3) is 0 Å². The van der Waals surface area contributed by atoms with Gasteiger partial charge in [-0.2, -0.15) is 0 Å². The van der Waals surface area contributed by atoms with E-state index in [-0.39, 0.29) is 6.09 Å². The second-order valence-corrected chi connectivity index (χ2v) is 8.77. The minimum absolute atomic E-state index is 0.318. The van der Waals surface area contributed by atoms with E-state index in [4.69, 9.17) is 4.74 Å². The quantitative estimate of drug-likeness (QED) is 0.782. The van der Waals surface area contributed by atoms with E-state index in [2.05, 4.69) is 17.8 Å². The van der Waals surface area contributed by atoms with Gasteiger partial charge >= 0.3 is 6.09 Å². The van der Waals surface area contributed by atoms with Gasteiger partial charge in [0, 0.05) is 6.04 Å². The van der Waals surface area contributed by atoms with Crippen molar-refractivity contribution < 1.29 is 9.53 Å². The summed E-state index contributed by atoms with van der Waals surface area (Å²) in [6.45, 7) is 7.88. The molecule has 120 valence electrons. The van der Waals surface area contributed by atoms with Crippen LogP contribution < -0.4 is 10.9 Å². The first-order chi connectivity index (χ1) is 9.76. The molecule has 0 radical (unpaired) electrons. The van der Waals surface area contributed by atoms with Crippen molar-refractivity contribution in [2.24, 2.45) is 23.2 Å². The zero-order chi connectivity index (χ0) is 15.3. The minimum atomic E-state index is -0.449. The molecule has 0 heterocycles. The van der Waals surface area contributed by atoms with E-state index in [0.717, 1.165) is 17.8 Å². The van der Waals surface area contributed by atoms with Crippen LogP contribution in [-0.2, 0) is 4.74 Å². The zero-order valence-electron chi connectivity index (χ0n) is 13.9. The molecule has 0 aromatic rings. The molecular weight excluding hydrogens is 264 g/mol. The van der Waals surface area contributed by atoms with Crippen LogP contribution in [0.2, 0.25) is 0 Å². The molecule has 2 N–H and O–H groups in total. The Labute approximate surface area is 128 Å². The van der Waals surface area contributed by atoms with Gasteiger partial charge in [0.2, 0.25) is 0 Å². The van der Waals surface area contributed by atoms with Crippen molar-refractivity contribution in [3.05, 3.63) is 0 Å². The summed E-state index contributed by atoms with van der Waals surface area (Å²) in [5.74, 6) is 2.80. The molecule has 0 aromatic carbocycles. The lowest BCUT2D eigenvalue weighted by Gasteiger charge is -2.59. The lowest BCUT2D eigenvalue weighted by Crippen LogP contribution is -2.58. The molecule has 4 bridgehead atoms. The molecule has 4 aliphatic carbocycles. The van der Waals surface area contributed by atoms with Crippen LogP contribution >= 0.6 is 0 Å². The highest BCUT2D eigenvalue weighted by atomic mass is 16.6. The van der Waals surface area contributed by atoms with E-state index in [0.29, 0.717) is 11.5 Å². The molecule has 1 amide bonds. The Balaban J connectivity index is 1.56. The highest BCUT2D eigenvalue weighted by Gasteiger charge is 2.53. The van der Waals surface area contributed by atoms with Gasteiger partial charge < -0.3 is 4.74 Å². The van der Waals surface area contributed by atoms with E-state index in [9.17, 15) is 4.79 Å². The average Bonchev–Trinajstić information content (AvgIpc) is 2.32. The van der Waals surface area contributed by atoms with Gasteiger partial charge in [0.25, 0.3) is 0 Å². The fourth-order valence-corrected chi connectivity index (χ4v) is 5.33. The molecule has 0 aliphatic heterocycles. The number of hydrogen-bond donors (Lipinski definition) is 2. The number of hydrazine groups is 1. The predicted octanol–water partition coefficient (Wildman–Crippen LogP) is 3.62. The van der Waals surface area contributed by atoms with Gasteiger partial charge in [-0.05, 0) is 89.4 Å². The van der Waals surface area contributed by atoms with Crippen molar-refractivity contribution in [3.63, 3.8) is 0 Å². The Morgan fingerprint density at radius 1 is 1.10 bits per heavy atom. The van der Waals surface area contributed by atoms with Crippen LogP contribution in [0, 0.1) is 23.2 Å². The van der Waals surface area contributed by atoms with E-state index < -0.39 is 5.60 Å². The Hall–Kier alpha value is -0.770. The van der Waals surface area contributed by atoms with Gasteiger partial charge in [0.1, 0.15) is 5.60 Å². The van der Waals surface area contributed by atoms with E-state index in [1.54, 1.807) is 0 Å². The summed E-state index contributed by atoms with van der Waals surface area (Å²) in [6.07, 6.45) is 7.98. The molecule has 4 heteroatoms. The second-order valence-electron chi connectivity index (χ2n) is 8.77. The first-order valence-corrected chi connectivity index (χ1v) is 8.50. The molecule has 4 rings (SSSR count). The average molecular weight is 294 g/mol. The summed E-state index contributed by atoms with van der Waals surface area (Å²) < 4.78 is 5.29. The van der Waals surface area contributed by atoms with E-state index >= 15 is 0 Å². The maximum absolute atomic E-state index is 11.8. The highest BCUT2D eigenvalue weighted by Crippen LogP contribution is 2.61. The molecule has 21 heavy (non-hydrogen) atoms. The molecule has 4 nitrogen and oxygen atoms in total. The lowest BCUT2D eigenvalue weighted by atomic mass is 9.48. The fraction of sp³-hybridized carbons (Fsp3) is 0.941. The van der Waals surface area contributed by atoms with Crippen LogP contribution in [0.15, 0.2) is 0 Å². The number of ether oxygens (including phenoxy) is 1. The third-order valence-electron chi connectivity index (χ3n) is 5.79. The zero-order valence-corrected chi connectivity index (χ0v) is 13.9. The van der Waals surface area contributed by atoms with Crippen molar-refractivity contribution in [3.8, 4) is 0 Å². The molecule has 0 aromatic heterocycles. The maximum atomic E-state index is 11.8. The fourth-order valence-electron chi connectivity index (χ4n) is 5.33. The number of rotatable bonds is 3. The van der Waals surface area contributed by atoms with Crippen LogP contribution in [-0.4, -0.2) is 17.7 Å².